The third-order valence-electron chi connectivity index (χ3n) is 6.32. The third-order valence-corrected chi connectivity index (χ3v) is 6.32. The summed E-state index contributed by atoms with van der Waals surface area (Å²) in [4.78, 5) is 11.6. The Balaban J connectivity index is 1.44. The number of imidazole rings is 1. The summed E-state index contributed by atoms with van der Waals surface area (Å²) in [5.74, 6) is 1.63. The normalized spacial score (nSPS) is 11.3. The zero-order chi connectivity index (χ0) is 24.1. The second-order valence-corrected chi connectivity index (χ2v) is 9.05. The Hall–Kier alpha value is -3.54. The number of nitrogens with zero attached hydrogens (tertiary/aromatic N) is 4. The van der Waals surface area contributed by atoms with Gasteiger partial charge in [0, 0.05) is 50.4 Å². The second-order valence-electron chi connectivity index (χ2n) is 9.05. The largest absolute Gasteiger partial charge is 0.385 e. The molecule has 0 bridgehead atoms. The van der Waals surface area contributed by atoms with Crippen molar-refractivity contribution in [2.24, 2.45) is 0 Å². The van der Waals surface area contributed by atoms with Gasteiger partial charge in [-0.3, -0.25) is 0 Å². The summed E-state index contributed by atoms with van der Waals surface area (Å²) >= 11 is 0. The van der Waals surface area contributed by atoms with E-state index < -0.39 is 0 Å². The highest BCUT2D eigenvalue weighted by atomic mass is 15.1. The minimum atomic E-state index is 0.517. The second kappa shape index (κ2) is 10.6. The average molecular weight is 457 g/mol. The molecule has 2 aromatic carbocycles. The number of fused-ring (bicyclic) bond motifs is 3. The molecule has 2 aromatic heterocycles. The van der Waals surface area contributed by atoms with Crippen LogP contribution >= 0.6 is 0 Å². The van der Waals surface area contributed by atoms with Crippen LogP contribution in [0.1, 0.15) is 44.0 Å². The monoisotopic (exact) mass is 456 g/mol. The van der Waals surface area contributed by atoms with Crippen LogP contribution in [0.5, 0.6) is 0 Å². The number of hydrogen-bond acceptors (Lipinski definition) is 5. The van der Waals surface area contributed by atoms with Crippen molar-refractivity contribution in [2.45, 2.75) is 45.6 Å². The van der Waals surface area contributed by atoms with Crippen LogP contribution in [0.15, 0.2) is 55.1 Å². The molecule has 0 fully saturated rings. The first-order valence-electron chi connectivity index (χ1n) is 12.2. The molecule has 34 heavy (non-hydrogen) atoms. The molecule has 178 valence electrons. The van der Waals surface area contributed by atoms with E-state index in [-0.39, 0.29) is 0 Å². The third kappa shape index (κ3) is 5.01. The lowest BCUT2D eigenvalue weighted by atomic mass is 10.1. The summed E-state index contributed by atoms with van der Waals surface area (Å²) < 4.78 is 2.38. The fraction of sp³-hybridized carbons (Fsp3) is 0.357. The number of benzene rings is 2. The molecule has 6 nitrogen and oxygen atoms in total. The highest BCUT2D eigenvalue weighted by molar-refractivity contribution is 6.06. The van der Waals surface area contributed by atoms with Crippen molar-refractivity contribution < 1.29 is 0 Å². The Morgan fingerprint density at radius 2 is 1.79 bits per heavy atom. The molecule has 0 atom stereocenters. The standard InChI is InChI=1S/C28H36N6/c1-5-6-13-25-32-26-27(23-11-7-8-12-24(23)31-28(26)29)34(25)19-10-9-18-30-20(2)21-14-16-22(17-15-21)33(3)4/h7-8,11-12,14-17,30H,2,5-6,9-10,13,18-19H2,1,3-4H3,(H2,29,31). The summed E-state index contributed by atoms with van der Waals surface area (Å²) in [5, 5.41) is 4.61. The maximum atomic E-state index is 6.31. The summed E-state index contributed by atoms with van der Waals surface area (Å²) in [5.41, 5.74) is 12.5. The van der Waals surface area contributed by atoms with Gasteiger partial charge in [0.15, 0.2) is 5.82 Å². The van der Waals surface area contributed by atoms with Gasteiger partial charge in [-0.1, -0.05) is 50.3 Å². The Bertz CT molecular complexity index is 1270. The molecular weight excluding hydrogens is 420 g/mol. The van der Waals surface area contributed by atoms with E-state index in [0.29, 0.717) is 5.82 Å². The van der Waals surface area contributed by atoms with Gasteiger partial charge in [0.2, 0.25) is 0 Å². The molecule has 0 spiro atoms. The van der Waals surface area contributed by atoms with Crippen molar-refractivity contribution in [3.63, 3.8) is 0 Å². The van der Waals surface area contributed by atoms with E-state index >= 15 is 0 Å². The molecule has 0 saturated heterocycles. The highest BCUT2D eigenvalue weighted by Gasteiger charge is 2.16. The van der Waals surface area contributed by atoms with Crippen molar-refractivity contribution in [2.75, 3.05) is 31.3 Å². The Kier molecular flexibility index (Phi) is 7.36. The fourth-order valence-corrected chi connectivity index (χ4v) is 4.37. The average Bonchev–Trinajstić information content (AvgIpc) is 3.21. The molecule has 0 aliphatic carbocycles. The lowest BCUT2D eigenvalue weighted by Crippen LogP contribution is -2.14. The molecule has 0 aliphatic rings. The molecule has 6 heteroatoms. The van der Waals surface area contributed by atoms with E-state index in [1.165, 1.54) is 5.69 Å². The van der Waals surface area contributed by atoms with Gasteiger partial charge in [-0.25, -0.2) is 9.97 Å². The van der Waals surface area contributed by atoms with Crippen LogP contribution in [0.4, 0.5) is 11.5 Å². The molecular formula is C28H36N6. The topological polar surface area (TPSA) is 72.0 Å². The zero-order valence-electron chi connectivity index (χ0n) is 20.6. The summed E-state index contributed by atoms with van der Waals surface area (Å²) in [7, 11) is 4.10. The Morgan fingerprint density at radius 3 is 2.53 bits per heavy atom. The van der Waals surface area contributed by atoms with Crippen LogP contribution in [0, 0.1) is 0 Å². The number of hydrogen-bond donors (Lipinski definition) is 2. The quantitative estimate of drug-likeness (QED) is 0.287. The van der Waals surface area contributed by atoms with Gasteiger partial charge in [0.1, 0.15) is 11.3 Å². The summed E-state index contributed by atoms with van der Waals surface area (Å²) in [6, 6.07) is 16.7. The summed E-state index contributed by atoms with van der Waals surface area (Å²) in [6.45, 7) is 8.23. The number of pyridine rings is 1. The van der Waals surface area contributed by atoms with Crippen LogP contribution in [-0.2, 0) is 13.0 Å². The first-order chi connectivity index (χ1) is 16.5. The number of nitrogen functional groups attached to an aromatic ring is 1. The minimum absolute atomic E-state index is 0.517. The first kappa shape index (κ1) is 23.6. The van der Waals surface area contributed by atoms with Crippen molar-refractivity contribution in [1.82, 2.24) is 19.9 Å². The molecule has 0 unspecified atom stereocenters. The van der Waals surface area contributed by atoms with Gasteiger partial charge in [-0.2, -0.15) is 0 Å². The van der Waals surface area contributed by atoms with Gasteiger partial charge in [0.25, 0.3) is 0 Å². The highest BCUT2D eigenvalue weighted by Crippen LogP contribution is 2.29. The van der Waals surface area contributed by atoms with Crippen LogP contribution < -0.4 is 16.0 Å². The maximum Gasteiger partial charge on any atom is 0.152 e. The number of anilines is 2. The number of aryl methyl sites for hydroxylation is 2. The number of nitrogens with one attached hydrogen (secondary N) is 1. The van der Waals surface area contributed by atoms with E-state index in [9.17, 15) is 0 Å². The van der Waals surface area contributed by atoms with E-state index in [1.807, 2.05) is 26.2 Å². The van der Waals surface area contributed by atoms with Gasteiger partial charge < -0.3 is 20.5 Å². The molecule has 3 N–H and O–H groups in total. The molecule has 2 heterocycles. The van der Waals surface area contributed by atoms with E-state index in [2.05, 4.69) is 69.7 Å². The Labute approximate surface area is 202 Å². The molecule has 0 amide bonds. The zero-order valence-corrected chi connectivity index (χ0v) is 20.6. The minimum Gasteiger partial charge on any atom is -0.385 e. The summed E-state index contributed by atoms with van der Waals surface area (Å²) in [6.07, 6.45) is 5.29. The van der Waals surface area contributed by atoms with Gasteiger partial charge in [-0.15, -0.1) is 0 Å². The lowest BCUT2D eigenvalue weighted by Gasteiger charge is -2.15. The van der Waals surface area contributed by atoms with Crippen LogP contribution in [0.2, 0.25) is 0 Å². The molecule has 0 saturated carbocycles. The number of para-hydroxylation sites is 1. The first-order valence-corrected chi connectivity index (χ1v) is 12.2. The predicted molar refractivity (Wildman–Crippen MR) is 145 cm³/mol. The number of rotatable bonds is 11. The molecule has 0 radical (unpaired) electrons. The van der Waals surface area contributed by atoms with Gasteiger partial charge >= 0.3 is 0 Å². The maximum absolute atomic E-state index is 6.31. The molecule has 0 aliphatic heterocycles. The van der Waals surface area contributed by atoms with Crippen LogP contribution in [-0.4, -0.2) is 35.2 Å². The van der Waals surface area contributed by atoms with Crippen LogP contribution in [0.3, 0.4) is 0 Å². The van der Waals surface area contributed by atoms with Crippen molar-refractivity contribution in [3.05, 3.63) is 66.5 Å². The van der Waals surface area contributed by atoms with E-state index in [0.717, 1.165) is 84.2 Å². The van der Waals surface area contributed by atoms with Gasteiger partial charge in [-0.05, 0) is 43.0 Å². The molecule has 4 rings (SSSR count). The Morgan fingerprint density at radius 1 is 1.03 bits per heavy atom. The van der Waals surface area contributed by atoms with Gasteiger partial charge in [0.05, 0.1) is 11.0 Å². The van der Waals surface area contributed by atoms with E-state index in [4.69, 9.17) is 10.7 Å². The number of unbranched alkanes of at least 4 members (excludes halogenated alkanes) is 2. The van der Waals surface area contributed by atoms with Crippen molar-refractivity contribution in [1.29, 1.82) is 0 Å². The SMILES string of the molecule is C=C(NCCCCn1c(CCCC)nc2c(N)nc3ccccc3c21)c1ccc(N(C)C)cc1. The number of nitrogens with two attached hydrogens (primary N) is 1. The molecule has 4 aromatic rings. The number of aromatic nitrogens is 3. The smallest absolute Gasteiger partial charge is 0.152 e. The van der Waals surface area contributed by atoms with Crippen molar-refractivity contribution >= 4 is 39.1 Å². The fourth-order valence-electron chi connectivity index (χ4n) is 4.37. The van der Waals surface area contributed by atoms with Crippen LogP contribution in [0.25, 0.3) is 27.6 Å². The lowest BCUT2D eigenvalue weighted by molar-refractivity contribution is 0.583. The van der Waals surface area contributed by atoms with E-state index in [1.54, 1.807) is 0 Å². The predicted octanol–water partition coefficient (Wildman–Crippen LogP) is 5.62. The van der Waals surface area contributed by atoms with Crippen molar-refractivity contribution in [3.8, 4) is 0 Å².